The second-order valence-corrected chi connectivity index (χ2v) is 5.71. The summed E-state index contributed by atoms with van der Waals surface area (Å²) in [6.07, 6.45) is 0. The van der Waals surface area contributed by atoms with Gasteiger partial charge in [-0.15, -0.1) is 0 Å². The van der Waals surface area contributed by atoms with Gasteiger partial charge in [0, 0.05) is 12.3 Å². The second-order valence-electron chi connectivity index (χ2n) is 5.71. The van der Waals surface area contributed by atoms with Crippen LogP contribution in [-0.2, 0) is 9.53 Å². The molecule has 0 heterocycles. The summed E-state index contributed by atoms with van der Waals surface area (Å²) in [4.78, 5) is 12.3. The number of carbonyl (C=O) groups is 1. The summed E-state index contributed by atoms with van der Waals surface area (Å²) in [6, 6.07) is 13.5. The Morgan fingerprint density at radius 3 is 2.44 bits per heavy atom. The number of carbonyl (C=O) groups excluding carboxylic acids is 1. The van der Waals surface area contributed by atoms with Crippen molar-refractivity contribution in [1.82, 2.24) is 0 Å². The van der Waals surface area contributed by atoms with Crippen molar-refractivity contribution in [2.45, 2.75) is 20.8 Å². The molecule has 0 aliphatic carbocycles. The lowest BCUT2D eigenvalue weighted by Gasteiger charge is -2.14. The van der Waals surface area contributed by atoms with E-state index in [1.165, 1.54) is 0 Å². The minimum Gasteiger partial charge on any atom is -0.489 e. The van der Waals surface area contributed by atoms with Gasteiger partial charge in [0.15, 0.2) is 0 Å². The number of ether oxygens (including phenoxy) is 2. The first-order valence-corrected chi connectivity index (χ1v) is 8.51. The SMILES string of the molecule is CCOCCOc1ccccc1NCC(=O)Nc1c(C)cccc1C. The summed E-state index contributed by atoms with van der Waals surface area (Å²) in [5.41, 5.74) is 3.76. The number of para-hydroxylation sites is 3. The largest absolute Gasteiger partial charge is 0.489 e. The molecule has 0 atom stereocenters. The van der Waals surface area contributed by atoms with Crippen LogP contribution in [0.1, 0.15) is 18.1 Å². The molecule has 5 heteroatoms. The third kappa shape index (κ3) is 5.80. The van der Waals surface area contributed by atoms with E-state index in [4.69, 9.17) is 9.47 Å². The standard InChI is InChI=1S/C20H26N2O3/c1-4-24-12-13-25-18-11-6-5-10-17(18)21-14-19(23)22-20-15(2)8-7-9-16(20)3/h5-11,21H,4,12-14H2,1-3H3,(H,22,23). The summed E-state index contributed by atoms with van der Waals surface area (Å²) in [6.45, 7) is 7.76. The first kappa shape index (κ1) is 18.8. The van der Waals surface area contributed by atoms with Crippen molar-refractivity contribution >= 4 is 17.3 Å². The van der Waals surface area contributed by atoms with Gasteiger partial charge >= 0.3 is 0 Å². The third-order valence-corrected chi connectivity index (χ3v) is 3.76. The van der Waals surface area contributed by atoms with E-state index in [0.717, 1.165) is 22.5 Å². The molecule has 2 N–H and O–H groups in total. The Morgan fingerprint density at radius 1 is 1.00 bits per heavy atom. The van der Waals surface area contributed by atoms with Gasteiger partial charge in [-0.2, -0.15) is 0 Å². The quantitative estimate of drug-likeness (QED) is 0.681. The Balaban J connectivity index is 1.91. The van der Waals surface area contributed by atoms with E-state index in [1.54, 1.807) is 0 Å². The summed E-state index contributed by atoms with van der Waals surface area (Å²) in [5.74, 6) is 0.614. The molecule has 25 heavy (non-hydrogen) atoms. The predicted octanol–water partition coefficient (Wildman–Crippen LogP) is 3.77. The number of nitrogens with one attached hydrogen (secondary N) is 2. The maximum absolute atomic E-state index is 12.3. The predicted molar refractivity (Wildman–Crippen MR) is 101 cm³/mol. The molecule has 0 fully saturated rings. The van der Waals surface area contributed by atoms with Crippen LogP contribution >= 0.6 is 0 Å². The molecular weight excluding hydrogens is 316 g/mol. The molecule has 1 amide bonds. The monoisotopic (exact) mass is 342 g/mol. The van der Waals surface area contributed by atoms with Gasteiger partial charge < -0.3 is 20.1 Å². The van der Waals surface area contributed by atoms with Crippen LogP contribution in [0.2, 0.25) is 0 Å². The van der Waals surface area contributed by atoms with E-state index in [9.17, 15) is 4.79 Å². The molecule has 2 aromatic rings. The molecule has 0 saturated heterocycles. The Bertz CT molecular complexity index is 681. The van der Waals surface area contributed by atoms with Crippen LogP contribution in [0.5, 0.6) is 5.75 Å². The zero-order valence-corrected chi connectivity index (χ0v) is 15.1. The Kier molecular flexibility index (Phi) is 7.29. The molecule has 0 aliphatic rings. The smallest absolute Gasteiger partial charge is 0.243 e. The van der Waals surface area contributed by atoms with Crippen molar-refractivity contribution in [2.75, 3.05) is 37.0 Å². The number of hydrogen-bond donors (Lipinski definition) is 2. The molecule has 5 nitrogen and oxygen atoms in total. The summed E-state index contributed by atoms with van der Waals surface area (Å²) < 4.78 is 11.0. The van der Waals surface area contributed by atoms with E-state index in [-0.39, 0.29) is 12.5 Å². The molecule has 2 aromatic carbocycles. The lowest BCUT2D eigenvalue weighted by molar-refractivity contribution is -0.114. The van der Waals surface area contributed by atoms with Crippen molar-refractivity contribution in [1.29, 1.82) is 0 Å². The van der Waals surface area contributed by atoms with Gasteiger partial charge in [-0.1, -0.05) is 30.3 Å². The van der Waals surface area contributed by atoms with Crippen LogP contribution in [0.15, 0.2) is 42.5 Å². The van der Waals surface area contributed by atoms with Crippen molar-refractivity contribution in [3.63, 3.8) is 0 Å². The van der Waals surface area contributed by atoms with Gasteiger partial charge in [-0.3, -0.25) is 4.79 Å². The molecule has 0 saturated carbocycles. The van der Waals surface area contributed by atoms with E-state index in [2.05, 4.69) is 10.6 Å². The van der Waals surface area contributed by atoms with E-state index < -0.39 is 0 Å². The van der Waals surface area contributed by atoms with E-state index >= 15 is 0 Å². The normalized spacial score (nSPS) is 10.4. The molecular formula is C20H26N2O3. The molecule has 0 spiro atoms. The van der Waals surface area contributed by atoms with Crippen molar-refractivity contribution < 1.29 is 14.3 Å². The molecule has 2 rings (SSSR count). The highest BCUT2D eigenvalue weighted by atomic mass is 16.5. The summed E-state index contributed by atoms with van der Waals surface area (Å²) in [7, 11) is 0. The molecule has 0 radical (unpaired) electrons. The molecule has 0 aromatic heterocycles. The van der Waals surface area contributed by atoms with Crippen LogP contribution in [0.3, 0.4) is 0 Å². The first-order valence-electron chi connectivity index (χ1n) is 8.51. The lowest BCUT2D eigenvalue weighted by atomic mass is 10.1. The Labute approximate surface area is 149 Å². The fourth-order valence-electron chi connectivity index (χ4n) is 2.46. The number of amides is 1. The average Bonchev–Trinajstić information content (AvgIpc) is 2.61. The summed E-state index contributed by atoms with van der Waals surface area (Å²) >= 11 is 0. The van der Waals surface area contributed by atoms with Gasteiger partial charge in [-0.25, -0.2) is 0 Å². The molecule has 0 bridgehead atoms. The maximum atomic E-state index is 12.3. The fraction of sp³-hybridized carbons (Fsp3) is 0.350. The highest BCUT2D eigenvalue weighted by molar-refractivity contribution is 5.95. The van der Waals surface area contributed by atoms with Crippen molar-refractivity contribution in [3.05, 3.63) is 53.6 Å². The maximum Gasteiger partial charge on any atom is 0.243 e. The topological polar surface area (TPSA) is 59.6 Å². The van der Waals surface area contributed by atoms with Crippen LogP contribution < -0.4 is 15.4 Å². The number of hydrogen-bond acceptors (Lipinski definition) is 4. The van der Waals surface area contributed by atoms with Gasteiger partial charge in [-0.05, 0) is 44.0 Å². The Morgan fingerprint density at radius 2 is 1.72 bits per heavy atom. The van der Waals surface area contributed by atoms with Crippen LogP contribution in [0, 0.1) is 13.8 Å². The first-order chi connectivity index (χ1) is 12.1. The number of anilines is 2. The average molecular weight is 342 g/mol. The van der Waals surface area contributed by atoms with Gasteiger partial charge in [0.2, 0.25) is 5.91 Å². The highest BCUT2D eigenvalue weighted by Gasteiger charge is 2.09. The Hall–Kier alpha value is -2.53. The number of benzene rings is 2. The fourth-order valence-corrected chi connectivity index (χ4v) is 2.46. The van der Waals surface area contributed by atoms with Gasteiger partial charge in [0.1, 0.15) is 12.4 Å². The summed E-state index contributed by atoms with van der Waals surface area (Å²) in [5, 5.41) is 6.10. The van der Waals surface area contributed by atoms with Crippen LogP contribution in [0.25, 0.3) is 0 Å². The van der Waals surface area contributed by atoms with Gasteiger partial charge in [0.05, 0.1) is 18.8 Å². The zero-order valence-electron chi connectivity index (χ0n) is 15.1. The molecule has 0 aliphatic heterocycles. The second kappa shape index (κ2) is 9.69. The van der Waals surface area contributed by atoms with E-state index in [0.29, 0.717) is 25.6 Å². The molecule has 0 unspecified atom stereocenters. The highest BCUT2D eigenvalue weighted by Crippen LogP contribution is 2.24. The lowest BCUT2D eigenvalue weighted by Crippen LogP contribution is -2.23. The van der Waals surface area contributed by atoms with Crippen LogP contribution in [0.4, 0.5) is 11.4 Å². The van der Waals surface area contributed by atoms with Crippen molar-refractivity contribution in [2.24, 2.45) is 0 Å². The minimum absolute atomic E-state index is 0.0958. The van der Waals surface area contributed by atoms with Gasteiger partial charge in [0.25, 0.3) is 0 Å². The zero-order chi connectivity index (χ0) is 18.1. The number of rotatable bonds is 9. The minimum atomic E-state index is -0.0958. The van der Waals surface area contributed by atoms with Crippen molar-refractivity contribution in [3.8, 4) is 5.75 Å². The number of aryl methyl sites for hydroxylation is 2. The molecule has 134 valence electrons. The third-order valence-electron chi connectivity index (χ3n) is 3.76. The van der Waals surface area contributed by atoms with Crippen LogP contribution in [-0.4, -0.2) is 32.3 Å². The van der Waals surface area contributed by atoms with E-state index in [1.807, 2.05) is 63.2 Å².